The van der Waals surface area contributed by atoms with Crippen molar-refractivity contribution in [2.45, 2.75) is 31.7 Å². The lowest BCUT2D eigenvalue weighted by atomic mass is 10.1. The second-order valence-corrected chi connectivity index (χ2v) is 7.31. The summed E-state index contributed by atoms with van der Waals surface area (Å²) in [5.74, 6) is -2.08. The summed E-state index contributed by atoms with van der Waals surface area (Å²) in [4.78, 5) is 13.0. The highest BCUT2D eigenvalue weighted by atomic mass is 16.7. The fourth-order valence-electron chi connectivity index (χ4n) is 3.14. The minimum absolute atomic E-state index is 0.128. The van der Waals surface area contributed by atoms with Crippen LogP contribution < -0.4 is 14.9 Å². The minimum Gasteiger partial charge on any atom is -0.507 e. The Morgan fingerprint density at radius 3 is 2.26 bits per heavy atom. The molecule has 3 atom stereocenters. The third kappa shape index (κ3) is 5.00. The molecule has 12 heteroatoms. The number of aliphatic hydroxyl groups is 4. The molecule has 3 unspecified atom stereocenters. The smallest absolute Gasteiger partial charge is 0.251 e. The van der Waals surface area contributed by atoms with E-state index >= 15 is 0 Å². The summed E-state index contributed by atoms with van der Waals surface area (Å²) < 4.78 is 21.4. The molecule has 0 aliphatic rings. The van der Waals surface area contributed by atoms with E-state index in [1.54, 1.807) is 0 Å². The Kier molecular flexibility index (Phi) is 7.49. The third-order valence-electron chi connectivity index (χ3n) is 4.87. The summed E-state index contributed by atoms with van der Waals surface area (Å²) in [5, 5.41) is 67.6. The fourth-order valence-corrected chi connectivity index (χ4v) is 3.14. The van der Waals surface area contributed by atoms with E-state index in [0.29, 0.717) is 0 Å². The van der Waals surface area contributed by atoms with E-state index < -0.39 is 54.1 Å². The van der Waals surface area contributed by atoms with Crippen LogP contribution in [0.15, 0.2) is 39.5 Å². The van der Waals surface area contributed by atoms with Crippen LogP contribution in [0.5, 0.6) is 28.7 Å². The molecule has 0 fully saturated rings. The topological polar surface area (TPSA) is 200 Å². The van der Waals surface area contributed by atoms with Crippen molar-refractivity contribution in [3.8, 4) is 40.1 Å². The van der Waals surface area contributed by atoms with Crippen LogP contribution in [0, 0.1) is 0 Å². The van der Waals surface area contributed by atoms with Crippen molar-refractivity contribution in [3.05, 3.63) is 40.6 Å². The molecule has 0 amide bonds. The van der Waals surface area contributed by atoms with Gasteiger partial charge in [-0.1, -0.05) is 0 Å². The highest BCUT2D eigenvalue weighted by Gasteiger charge is 2.28. The van der Waals surface area contributed by atoms with E-state index in [-0.39, 0.29) is 33.8 Å². The Balaban J connectivity index is 2.11. The standard InChI is InChI=1S/C22H24O12/c1-9(24)16(8-23)34-22(21(29)30)32-11-6-14(27)17-15(7-11)33-19(20(31-2)18(17)28)10-3-4-12(25)13(26)5-10/h3-7,9,16,21-27,29-30H,8H2,1-2H3. The van der Waals surface area contributed by atoms with Gasteiger partial charge in [0.05, 0.1) is 19.8 Å². The Morgan fingerprint density at radius 2 is 1.71 bits per heavy atom. The highest BCUT2D eigenvalue weighted by Crippen LogP contribution is 2.38. The SMILES string of the molecule is COc1c(-c2ccc(O)c(O)c2)oc2cc(OC(OC(CO)C(C)O)C(O)O)cc(O)c2c1=O. The zero-order valence-electron chi connectivity index (χ0n) is 18.1. The third-order valence-corrected chi connectivity index (χ3v) is 4.87. The number of phenolic OH excluding ortho intramolecular Hbond substituents is 3. The predicted octanol–water partition coefficient (Wildman–Crippen LogP) is 0.359. The normalized spacial score (nSPS) is 14.2. The number of hydrogen-bond acceptors (Lipinski definition) is 12. The second kappa shape index (κ2) is 10.2. The molecular weight excluding hydrogens is 456 g/mol. The summed E-state index contributed by atoms with van der Waals surface area (Å²) in [7, 11) is 1.21. The van der Waals surface area contributed by atoms with E-state index in [4.69, 9.17) is 18.6 Å². The number of methoxy groups -OCH3 is 1. The summed E-state index contributed by atoms with van der Waals surface area (Å²) >= 11 is 0. The van der Waals surface area contributed by atoms with Crippen molar-refractivity contribution >= 4 is 11.0 Å². The van der Waals surface area contributed by atoms with Gasteiger partial charge in [-0.05, 0) is 25.1 Å². The number of hydrogen-bond donors (Lipinski definition) is 7. The summed E-state index contributed by atoms with van der Waals surface area (Å²) in [6, 6.07) is 5.84. The lowest BCUT2D eigenvalue weighted by Crippen LogP contribution is -2.42. The molecule has 0 bridgehead atoms. The van der Waals surface area contributed by atoms with Gasteiger partial charge in [0, 0.05) is 17.7 Å². The second-order valence-electron chi connectivity index (χ2n) is 7.31. The maximum absolute atomic E-state index is 13.0. The quantitative estimate of drug-likeness (QED) is 0.164. The Morgan fingerprint density at radius 1 is 1.00 bits per heavy atom. The largest absolute Gasteiger partial charge is 0.507 e. The van der Waals surface area contributed by atoms with E-state index in [1.807, 2.05) is 0 Å². The monoisotopic (exact) mass is 480 g/mol. The number of aromatic hydroxyl groups is 3. The van der Waals surface area contributed by atoms with Gasteiger partial charge < -0.3 is 54.4 Å². The molecule has 34 heavy (non-hydrogen) atoms. The molecule has 184 valence electrons. The Hall–Kier alpha value is -3.55. The first kappa shape index (κ1) is 25.1. The number of rotatable bonds is 9. The van der Waals surface area contributed by atoms with Crippen LogP contribution in [0.2, 0.25) is 0 Å². The zero-order valence-corrected chi connectivity index (χ0v) is 18.1. The van der Waals surface area contributed by atoms with E-state index in [1.165, 1.54) is 26.2 Å². The average Bonchev–Trinajstić information content (AvgIpc) is 2.77. The van der Waals surface area contributed by atoms with Crippen molar-refractivity contribution in [1.29, 1.82) is 0 Å². The van der Waals surface area contributed by atoms with Crippen LogP contribution in [-0.4, -0.2) is 74.3 Å². The van der Waals surface area contributed by atoms with Gasteiger partial charge in [0.2, 0.25) is 17.5 Å². The number of ether oxygens (including phenoxy) is 3. The molecule has 3 rings (SSSR count). The van der Waals surface area contributed by atoms with E-state index in [9.17, 15) is 40.5 Å². The maximum Gasteiger partial charge on any atom is 0.251 e. The van der Waals surface area contributed by atoms with Crippen molar-refractivity contribution < 1.29 is 54.4 Å². The van der Waals surface area contributed by atoms with Gasteiger partial charge in [0.15, 0.2) is 17.3 Å². The number of phenols is 3. The Labute approximate surface area is 192 Å². The van der Waals surface area contributed by atoms with Crippen LogP contribution >= 0.6 is 0 Å². The zero-order chi connectivity index (χ0) is 25.2. The van der Waals surface area contributed by atoms with Gasteiger partial charge in [0.25, 0.3) is 6.29 Å². The molecule has 1 aromatic heterocycles. The van der Waals surface area contributed by atoms with Crippen LogP contribution in [0.4, 0.5) is 0 Å². The predicted molar refractivity (Wildman–Crippen MR) is 116 cm³/mol. The molecule has 0 saturated heterocycles. The molecule has 0 radical (unpaired) electrons. The fraction of sp³-hybridized carbons (Fsp3) is 0.318. The lowest BCUT2D eigenvalue weighted by molar-refractivity contribution is -0.250. The first-order valence-corrected chi connectivity index (χ1v) is 9.94. The van der Waals surface area contributed by atoms with Crippen molar-refractivity contribution in [1.82, 2.24) is 0 Å². The van der Waals surface area contributed by atoms with Gasteiger partial charge in [-0.25, -0.2) is 0 Å². The summed E-state index contributed by atoms with van der Waals surface area (Å²) in [6.45, 7) is 0.666. The van der Waals surface area contributed by atoms with Gasteiger partial charge in [0.1, 0.15) is 28.6 Å². The molecular formula is C22H24O12. The van der Waals surface area contributed by atoms with Crippen LogP contribution in [-0.2, 0) is 4.74 Å². The maximum atomic E-state index is 13.0. The van der Waals surface area contributed by atoms with Gasteiger partial charge >= 0.3 is 0 Å². The molecule has 7 N–H and O–H groups in total. The first-order valence-electron chi connectivity index (χ1n) is 9.94. The van der Waals surface area contributed by atoms with Crippen molar-refractivity contribution in [2.75, 3.05) is 13.7 Å². The van der Waals surface area contributed by atoms with Gasteiger partial charge in [-0.2, -0.15) is 0 Å². The highest BCUT2D eigenvalue weighted by molar-refractivity contribution is 5.88. The molecule has 0 spiro atoms. The van der Waals surface area contributed by atoms with E-state index in [2.05, 4.69) is 0 Å². The van der Waals surface area contributed by atoms with Gasteiger partial charge in [-0.3, -0.25) is 4.79 Å². The summed E-state index contributed by atoms with van der Waals surface area (Å²) in [6.07, 6.45) is -6.38. The number of fused-ring (bicyclic) bond motifs is 1. The number of aliphatic hydroxyl groups excluding tert-OH is 3. The van der Waals surface area contributed by atoms with Gasteiger partial charge in [-0.15, -0.1) is 0 Å². The lowest BCUT2D eigenvalue weighted by Gasteiger charge is -2.27. The molecule has 0 saturated carbocycles. The minimum atomic E-state index is -2.20. The molecule has 12 nitrogen and oxygen atoms in total. The van der Waals surface area contributed by atoms with Crippen molar-refractivity contribution in [3.63, 3.8) is 0 Å². The van der Waals surface area contributed by atoms with Crippen LogP contribution in [0.3, 0.4) is 0 Å². The molecule has 2 aromatic carbocycles. The van der Waals surface area contributed by atoms with Crippen molar-refractivity contribution in [2.24, 2.45) is 0 Å². The molecule has 3 aromatic rings. The number of benzene rings is 2. The molecule has 0 aliphatic carbocycles. The van der Waals surface area contributed by atoms with E-state index in [0.717, 1.165) is 18.2 Å². The van der Waals surface area contributed by atoms with Crippen LogP contribution in [0.25, 0.3) is 22.3 Å². The molecule has 0 aliphatic heterocycles. The summed E-state index contributed by atoms with van der Waals surface area (Å²) in [5.41, 5.74) is -0.768. The van der Waals surface area contributed by atoms with Crippen LogP contribution in [0.1, 0.15) is 6.92 Å². The average molecular weight is 480 g/mol. The molecule has 1 heterocycles. The Bertz CT molecular complexity index is 1220. The first-order chi connectivity index (χ1) is 16.1.